The van der Waals surface area contributed by atoms with Gasteiger partial charge in [-0.3, -0.25) is 24.2 Å². The molecule has 0 spiro atoms. The molecule has 2 amide bonds. The van der Waals surface area contributed by atoms with Crippen molar-refractivity contribution >= 4 is 23.2 Å². The van der Waals surface area contributed by atoms with Gasteiger partial charge in [0.05, 0.1) is 41.1 Å². The molecule has 3 aromatic rings. The molecule has 4 rings (SSSR count). The number of carbonyl (C=O) groups excluding carboxylic acids is 2. The molecule has 4 heterocycles. The summed E-state index contributed by atoms with van der Waals surface area (Å²) in [6.45, 7) is 7.38. The minimum atomic E-state index is -0.309. The van der Waals surface area contributed by atoms with Crippen LogP contribution < -0.4 is 5.32 Å². The maximum atomic E-state index is 12.7. The van der Waals surface area contributed by atoms with E-state index in [1.165, 1.54) is 0 Å². The topological polar surface area (TPSA) is 93.0 Å². The summed E-state index contributed by atoms with van der Waals surface area (Å²) < 4.78 is 1.89. The highest BCUT2D eigenvalue weighted by atomic mass is 32.1. The molecule has 0 bridgehead atoms. The van der Waals surface area contributed by atoms with E-state index in [1.807, 2.05) is 43.0 Å². The van der Waals surface area contributed by atoms with E-state index in [9.17, 15) is 9.59 Å². The lowest BCUT2D eigenvalue weighted by molar-refractivity contribution is -0.132. The van der Waals surface area contributed by atoms with Crippen LogP contribution in [0.1, 0.15) is 27.2 Å². The number of amides is 2. The molecule has 0 aromatic carbocycles. The van der Waals surface area contributed by atoms with Crippen molar-refractivity contribution in [1.29, 1.82) is 0 Å². The molecule has 1 aliphatic rings. The summed E-state index contributed by atoms with van der Waals surface area (Å²) in [6, 6.07) is 4.04. The smallest absolute Gasteiger partial charge is 0.225 e. The zero-order chi connectivity index (χ0) is 22.0. The molecule has 1 atom stereocenters. The lowest BCUT2D eigenvalue weighted by atomic mass is 10.1. The SMILES string of the molecule is CC(C)(C)N1C[C@@H](C(=O)NCCn2ncc(-c3cnccn3)c2-c2cccs2)CC1=O. The molecule has 8 nitrogen and oxygen atoms in total. The second-order valence-electron chi connectivity index (χ2n) is 8.57. The molecule has 1 fully saturated rings. The molecule has 0 aliphatic carbocycles. The molecule has 1 N–H and O–H groups in total. The van der Waals surface area contributed by atoms with E-state index in [0.29, 0.717) is 19.6 Å². The van der Waals surface area contributed by atoms with E-state index >= 15 is 0 Å². The van der Waals surface area contributed by atoms with Crippen LogP contribution in [0.15, 0.2) is 42.3 Å². The normalized spacial score (nSPS) is 16.7. The van der Waals surface area contributed by atoms with Crippen molar-refractivity contribution in [3.63, 3.8) is 0 Å². The first-order chi connectivity index (χ1) is 14.8. The summed E-state index contributed by atoms with van der Waals surface area (Å²) in [4.78, 5) is 36.4. The number of carbonyl (C=O) groups is 2. The van der Waals surface area contributed by atoms with Crippen molar-refractivity contribution in [2.24, 2.45) is 5.92 Å². The number of nitrogens with one attached hydrogen (secondary N) is 1. The average Bonchev–Trinajstić information content (AvgIpc) is 3.47. The van der Waals surface area contributed by atoms with Gasteiger partial charge >= 0.3 is 0 Å². The minimum Gasteiger partial charge on any atom is -0.354 e. The number of hydrogen-bond acceptors (Lipinski definition) is 6. The van der Waals surface area contributed by atoms with E-state index in [0.717, 1.165) is 21.8 Å². The summed E-state index contributed by atoms with van der Waals surface area (Å²) in [5.74, 6) is -0.358. The van der Waals surface area contributed by atoms with Crippen LogP contribution in [0.25, 0.3) is 21.8 Å². The van der Waals surface area contributed by atoms with Gasteiger partial charge in [0, 0.05) is 43.0 Å². The summed E-state index contributed by atoms with van der Waals surface area (Å²) in [6.07, 6.45) is 7.08. The van der Waals surface area contributed by atoms with E-state index in [-0.39, 0.29) is 29.7 Å². The quantitative estimate of drug-likeness (QED) is 0.639. The van der Waals surface area contributed by atoms with Gasteiger partial charge in [-0.1, -0.05) is 6.07 Å². The van der Waals surface area contributed by atoms with Crippen molar-refractivity contribution in [1.82, 2.24) is 30.0 Å². The molecule has 162 valence electrons. The van der Waals surface area contributed by atoms with Gasteiger partial charge in [0.2, 0.25) is 11.8 Å². The molecule has 0 saturated carbocycles. The third kappa shape index (κ3) is 4.51. The second kappa shape index (κ2) is 8.58. The van der Waals surface area contributed by atoms with Gasteiger partial charge in [-0.15, -0.1) is 11.3 Å². The highest BCUT2D eigenvalue weighted by Gasteiger charge is 2.39. The van der Waals surface area contributed by atoms with E-state index < -0.39 is 0 Å². The number of hydrogen-bond donors (Lipinski definition) is 1. The van der Waals surface area contributed by atoms with Crippen LogP contribution >= 0.6 is 11.3 Å². The number of nitrogens with zero attached hydrogens (tertiary/aromatic N) is 5. The number of rotatable bonds is 6. The third-order valence-corrected chi connectivity index (χ3v) is 6.24. The van der Waals surface area contributed by atoms with Crippen molar-refractivity contribution in [2.75, 3.05) is 13.1 Å². The predicted octanol–water partition coefficient (Wildman–Crippen LogP) is 2.83. The summed E-state index contributed by atoms with van der Waals surface area (Å²) in [5, 5.41) is 9.55. The van der Waals surface area contributed by atoms with Gasteiger partial charge < -0.3 is 10.2 Å². The second-order valence-corrected chi connectivity index (χ2v) is 9.51. The Hall–Kier alpha value is -3.07. The van der Waals surface area contributed by atoms with Gasteiger partial charge in [-0.2, -0.15) is 5.10 Å². The summed E-state index contributed by atoms with van der Waals surface area (Å²) in [7, 11) is 0. The fourth-order valence-corrected chi connectivity index (χ4v) is 4.60. The highest BCUT2D eigenvalue weighted by molar-refractivity contribution is 7.13. The predicted molar refractivity (Wildman–Crippen MR) is 119 cm³/mol. The molecule has 1 aliphatic heterocycles. The van der Waals surface area contributed by atoms with Gasteiger partial charge in [-0.05, 0) is 32.2 Å². The standard InChI is InChI=1S/C22H26N6O2S/c1-22(2,3)27-14-15(11-19(27)29)21(30)25-8-9-28-20(18-5-4-10-31-18)16(12-26-28)17-13-23-6-7-24-17/h4-7,10,12-13,15H,8-9,11,14H2,1-3H3,(H,25,30)/t15-/m0/s1. The van der Waals surface area contributed by atoms with Crippen molar-refractivity contribution in [3.05, 3.63) is 42.3 Å². The maximum Gasteiger partial charge on any atom is 0.225 e. The lowest BCUT2D eigenvalue weighted by Gasteiger charge is -2.31. The molecule has 9 heteroatoms. The molecular formula is C22H26N6O2S. The first-order valence-corrected chi connectivity index (χ1v) is 11.2. The van der Waals surface area contributed by atoms with Crippen LogP contribution in [0.4, 0.5) is 0 Å². The minimum absolute atomic E-state index is 0.0355. The lowest BCUT2D eigenvalue weighted by Crippen LogP contribution is -2.43. The number of likely N-dealkylation sites (tertiary alicyclic amines) is 1. The van der Waals surface area contributed by atoms with Crippen LogP contribution in [0.2, 0.25) is 0 Å². The Morgan fingerprint density at radius 1 is 1.29 bits per heavy atom. The van der Waals surface area contributed by atoms with Crippen LogP contribution in [-0.2, 0) is 16.1 Å². The van der Waals surface area contributed by atoms with Crippen molar-refractivity contribution < 1.29 is 9.59 Å². The zero-order valence-corrected chi connectivity index (χ0v) is 18.7. The Morgan fingerprint density at radius 2 is 2.13 bits per heavy atom. The largest absolute Gasteiger partial charge is 0.354 e. The van der Waals surface area contributed by atoms with Crippen LogP contribution in [-0.4, -0.2) is 55.1 Å². The Morgan fingerprint density at radius 3 is 2.77 bits per heavy atom. The van der Waals surface area contributed by atoms with Gasteiger partial charge in [0.25, 0.3) is 0 Å². The fraction of sp³-hybridized carbons (Fsp3) is 0.409. The first-order valence-electron chi connectivity index (χ1n) is 10.3. The Balaban J connectivity index is 1.44. The third-order valence-electron chi connectivity index (χ3n) is 5.36. The molecule has 3 aromatic heterocycles. The zero-order valence-electron chi connectivity index (χ0n) is 17.9. The van der Waals surface area contributed by atoms with Crippen LogP contribution in [0, 0.1) is 5.92 Å². The Labute approximate surface area is 185 Å². The molecule has 0 unspecified atom stereocenters. The first kappa shape index (κ1) is 21.2. The van der Waals surface area contributed by atoms with Crippen LogP contribution in [0.5, 0.6) is 0 Å². The van der Waals surface area contributed by atoms with Crippen LogP contribution in [0.3, 0.4) is 0 Å². The van der Waals surface area contributed by atoms with Gasteiger partial charge in [0.15, 0.2) is 0 Å². The van der Waals surface area contributed by atoms with Crippen molar-refractivity contribution in [2.45, 2.75) is 39.3 Å². The van der Waals surface area contributed by atoms with E-state index in [1.54, 1.807) is 41.0 Å². The van der Waals surface area contributed by atoms with E-state index in [2.05, 4.69) is 20.4 Å². The Kier molecular flexibility index (Phi) is 5.86. The van der Waals surface area contributed by atoms with Crippen molar-refractivity contribution in [3.8, 4) is 21.8 Å². The number of aromatic nitrogens is 4. The summed E-state index contributed by atoms with van der Waals surface area (Å²) >= 11 is 1.63. The van der Waals surface area contributed by atoms with Gasteiger partial charge in [-0.25, -0.2) is 0 Å². The average molecular weight is 439 g/mol. The van der Waals surface area contributed by atoms with E-state index in [4.69, 9.17) is 0 Å². The number of thiophene rings is 1. The molecule has 0 radical (unpaired) electrons. The molecular weight excluding hydrogens is 412 g/mol. The highest BCUT2D eigenvalue weighted by Crippen LogP contribution is 2.33. The monoisotopic (exact) mass is 438 g/mol. The summed E-state index contributed by atoms with van der Waals surface area (Å²) in [5.41, 5.74) is 2.35. The maximum absolute atomic E-state index is 12.7. The van der Waals surface area contributed by atoms with Gasteiger partial charge in [0.1, 0.15) is 0 Å². The molecule has 1 saturated heterocycles. The fourth-order valence-electron chi connectivity index (χ4n) is 3.81. The Bertz CT molecular complexity index is 1060. The molecule has 31 heavy (non-hydrogen) atoms.